The van der Waals surface area contributed by atoms with Crippen LogP contribution >= 0.6 is 0 Å². The third-order valence-corrected chi connectivity index (χ3v) is 5.31. The van der Waals surface area contributed by atoms with Crippen molar-refractivity contribution in [2.24, 2.45) is 0 Å². The van der Waals surface area contributed by atoms with E-state index in [1.165, 1.54) is 30.3 Å². The predicted molar refractivity (Wildman–Crippen MR) is 93.2 cm³/mol. The Morgan fingerprint density at radius 3 is 2.32 bits per heavy atom. The van der Waals surface area contributed by atoms with Crippen molar-refractivity contribution in [3.63, 3.8) is 0 Å². The van der Waals surface area contributed by atoms with Gasteiger partial charge in [-0.15, -0.1) is 0 Å². The van der Waals surface area contributed by atoms with Crippen LogP contribution in [0.4, 0.5) is 13.2 Å². The summed E-state index contributed by atoms with van der Waals surface area (Å²) in [5.74, 6) is 0.894. The Bertz CT molecular complexity index is 1150. The summed E-state index contributed by atoms with van der Waals surface area (Å²) in [5.41, 5.74) is -0.173. The largest absolute Gasteiger partial charge is 0.454 e. The maximum absolute atomic E-state index is 13.3. The van der Waals surface area contributed by atoms with Crippen LogP contribution in [0.15, 0.2) is 53.4 Å². The lowest BCUT2D eigenvalue weighted by Crippen LogP contribution is -2.07. The molecule has 146 valence electrons. The highest BCUT2D eigenvalue weighted by molar-refractivity contribution is 7.90. The topological polar surface area (TPSA) is 70.4 Å². The van der Waals surface area contributed by atoms with Gasteiger partial charge in [0.15, 0.2) is 27.0 Å². The van der Waals surface area contributed by atoms with E-state index in [4.69, 9.17) is 9.47 Å². The number of hydrogen-bond acceptors (Lipinski definition) is 5. The molecule has 0 saturated heterocycles. The van der Waals surface area contributed by atoms with Crippen LogP contribution in [0.25, 0.3) is 16.9 Å². The Labute approximate surface area is 158 Å². The van der Waals surface area contributed by atoms with Crippen molar-refractivity contribution in [3.05, 3.63) is 54.2 Å². The van der Waals surface area contributed by atoms with Gasteiger partial charge in [0.2, 0.25) is 6.79 Å². The Morgan fingerprint density at radius 1 is 1.00 bits per heavy atom. The molecule has 0 spiro atoms. The van der Waals surface area contributed by atoms with Crippen LogP contribution in [0.3, 0.4) is 0 Å². The lowest BCUT2D eigenvalue weighted by molar-refractivity contribution is -0.141. The molecular formula is C18H13F3N2O4S. The molecule has 0 radical (unpaired) electrons. The molecule has 3 aromatic rings. The molecule has 0 N–H and O–H groups in total. The molecule has 0 bridgehead atoms. The van der Waals surface area contributed by atoms with Crippen LogP contribution in [-0.2, 0) is 16.0 Å². The van der Waals surface area contributed by atoms with E-state index in [9.17, 15) is 21.6 Å². The first-order valence-electron chi connectivity index (χ1n) is 8.01. The maximum Gasteiger partial charge on any atom is 0.435 e. The normalized spacial score (nSPS) is 13.7. The Balaban J connectivity index is 1.86. The Kier molecular flexibility index (Phi) is 4.11. The molecule has 0 aliphatic carbocycles. The molecule has 2 aromatic carbocycles. The first-order valence-corrected chi connectivity index (χ1v) is 9.90. The second-order valence-electron chi connectivity index (χ2n) is 6.16. The number of alkyl halides is 3. The van der Waals surface area contributed by atoms with Crippen LogP contribution in [0, 0.1) is 0 Å². The predicted octanol–water partition coefficient (Wildman–Crippen LogP) is 3.69. The van der Waals surface area contributed by atoms with Gasteiger partial charge in [0.25, 0.3) is 0 Å². The molecule has 0 fully saturated rings. The summed E-state index contributed by atoms with van der Waals surface area (Å²) in [7, 11) is -3.42. The minimum Gasteiger partial charge on any atom is -0.454 e. The third-order valence-electron chi connectivity index (χ3n) is 4.18. The minimum absolute atomic E-state index is 0.0332. The first kappa shape index (κ1) is 18.4. The van der Waals surface area contributed by atoms with Gasteiger partial charge < -0.3 is 9.47 Å². The van der Waals surface area contributed by atoms with E-state index in [0.717, 1.165) is 17.0 Å². The molecule has 1 aliphatic heterocycles. The van der Waals surface area contributed by atoms with E-state index in [-0.39, 0.29) is 17.4 Å². The number of halogens is 3. The standard InChI is InChI=1S/C18H13F3N2O4S/c1-28(24,25)13-5-2-11(3-6-13)14-9-17(18(19,20)21)22-23(14)12-4-7-15-16(8-12)27-10-26-15/h2-9H,10H2,1H3. The fourth-order valence-electron chi connectivity index (χ4n) is 2.81. The second-order valence-corrected chi connectivity index (χ2v) is 8.17. The van der Waals surface area contributed by atoms with E-state index in [2.05, 4.69) is 5.10 Å². The molecular weight excluding hydrogens is 397 g/mol. The summed E-state index contributed by atoms with van der Waals surface area (Å²) < 4.78 is 74.6. The zero-order chi connectivity index (χ0) is 20.1. The molecule has 2 heterocycles. The molecule has 10 heteroatoms. The summed E-state index contributed by atoms with van der Waals surface area (Å²) in [6.45, 7) is 0.0332. The van der Waals surface area contributed by atoms with Crippen molar-refractivity contribution in [3.8, 4) is 28.4 Å². The number of hydrogen-bond donors (Lipinski definition) is 0. The number of fused-ring (bicyclic) bond motifs is 1. The zero-order valence-electron chi connectivity index (χ0n) is 14.4. The SMILES string of the molecule is CS(=O)(=O)c1ccc(-c2cc(C(F)(F)F)nn2-c2ccc3c(c2)OCO3)cc1. The lowest BCUT2D eigenvalue weighted by Gasteiger charge is -2.09. The van der Waals surface area contributed by atoms with Crippen molar-refractivity contribution in [2.45, 2.75) is 11.1 Å². The Hall–Kier alpha value is -3.01. The van der Waals surface area contributed by atoms with Gasteiger partial charge in [-0.1, -0.05) is 12.1 Å². The monoisotopic (exact) mass is 410 g/mol. The van der Waals surface area contributed by atoms with E-state index >= 15 is 0 Å². The van der Waals surface area contributed by atoms with Gasteiger partial charge in [-0.25, -0.2) is 13.1 Å². The van der Waals surface area contributed by atoms with Crippen molar-refractivity contribution in [2.75, 3.05) is 13.0 Å². The molecule has 0 amide bonds. The van der Waals surface area contributed by atoms with Crippen molar-refractivity contribution < 1.29 is 31.1 Å². The van der Waals surface area contributed by atoms with Crippen LogP contribution in [0.5, 0.6) is 11.5 Å². The average molecular weight is 410 g/mol. The number of benzene rings is 2. The third kappa shape index (κ3) is 3.31. The molecule has 1 aromatic heterocycles. The highest BCUT2D eigenvalue weighted by Gasteiger charge is 2.35. The molecule has 6 nitrogen and oxygen atoms in total. The first-order chi connectivity index (χ1) is 13.1. The van der Waals surface area contributed by atoms with E-state index < -0.39 is 21.7 Å². The van der Waals surface area contributed by atoms with Gasteiger partial charge >= 0.3 is 6.18 Å². The van der Waals surface area contributed by atoms with E-state index in [0.29, 0.717) is 22.7 Å². The molecule has 4 rings (SSSR count). The van der Waals surface area contributed by atoms with Crippen LogP contribution in [0.2, 0.25) is 0 Å². The van der Waals surface area contributed by atoms with E-state index in [1.807, 2.05) is 0 Å². The average Bonchev–Trinajstić information content (AvgIpc) is 3.27. The molecule has 0 atom stereocenters. The fourth-order valence-corrected chi connectivity index (χ4v) is 3.44. The number of aromatic nitrogens is 2. The second kappa shape index (κ2) is 6.26. The molecule has 0 saturated carbocycles. The number of ether oxygens (including phenoxy) is 2. The summed E-state index contributed by atoms with van der Waals surface area (Å²) >= 11 is 0. The van der Waals surface area contributed by atoms with Crippen molar-refractivity contribution >= 4 is 9.84 Å². The van der Waals surface area contributed by atoms with E-state index in [1.54, 1.807) is 12.1 Å². The number of sulfone groups is 1. The highest BCUT2D eigenvalue weighted by Crippen LogP contribution is 2.37. The number of rotatable bonds is 3. The van der Waals surface area contributed by atoms with Crippen LogP contribution in [0.1, 0.15) is 5.69 Å². The van der Waals surface area contributed by atoms with Crippen molar-refractivity contribution in [1.82, 2.24) is 9.78 Å². The van der Waals surface area contributed by atoms with Gasteiger partial charge in [-0.3, -0.25) is 0 Å². The van der Waals surface area contributed by atoms with Gasteiger partial charge in [0.05, 0.1) is 16.3 Å². The van der Waals surface area contributed by atoms with Crippen LogP contribution < -0.4 is 9.47 Å². The van der Waals surface area contributed by atoms with Crippen molar-refractivity contribution in [1.29, 1.82) is 0 Å². The summed E-state index contributed by atoms with van der Waals surface area (Å²) in [6.07, 6.45) is -3.58. The quantitative estimate of drug-likeness (QED) is 0.659. The summed E-state index contributed by atoms with van der Waals surface area (Å²) in [6, 6.07) is 11.2. The van der Waals surface area contributed by atoms with Gasteiger partial charge in [0.1, 0.15) is 0 Å². The van der Waals surface area contributed by atoms with Gasteiger partial charge in [-0.05, 0) is 30.3 Å². The maximum atomic E-state index is 13.3. The van der Waals surface area contributed by atoms with Gasteiger partial charge in [-0.2, -0.15) is 18.3 Å². The summed E-state index contributed by atoms with van der Waals surface area (Å²) in [5, 5.41) is 3.70. The molecule has 1 aliphatic rings. The number of nitrogens with zero attached hydrogens (tertiary/aromatic N) is 2. The van der Waals surface area contributed by atoms with Crippen LogP contribution in [-0.4, -0.2) is 31.2 Å². The highest BCUT2D eigenvalue weighted by atomic mass is 32.2. The fraction of sp³-hybridized carbons (Fsp3) is 0.167. The molecule has 0 unspecified atom stereocenters. The zero-order valence-corrected chi connectivity index (χ0v) is 15.2. The lowest BCUT2D eigenvalue weighted by atomic mass is 10.1. The minimum atomic E-state index is -4.64. The summed E-state index contributed by atoms with van der Waals surface area (Å²) in [4.78, 5) is 0.0708. The van der Waals surface area contributed by atoms with Gasteiger partial charge in [0, 0.05) is 17.9 Å². The molecule has 28 heavy (non-hydrogen) atoms. The Morgan fingerprint density at radius 2 is 1.68 bits per heavy atom. The smallest absolute Gasteiger partial charge is 0.435 e.